The minimum Gasteiger partial charge on any atom is -0.497 e. The number of hydrogen-bond acceptors (Lipinski definition) is 4. The number of pyridine rings is 1. The molecule has 5 nitrogen and oxygen atoms in total. The summed E-state index contributed by atoms with van der Waals surface area (Å²) in [5.74, 6) is 0.766. The molecule has 0 fully saturated rings. The highest BCUT2D eigenvalue weighted by atomic mass is 16.5. The normalized spacial score (nSPS) is 12.4. The average Bonchev–Trinajstić information content (AvgIpc) is 2.64. The van der Waals surface area contributed by atoms with Crippen LogP contribution in [0.25, 0.3) is 10.9 Å². The third-order valence-electron chi connectivity index (χ3n) is 4.92. The van der Waals surface area contributed by atoms with Crippen molar-refractivity contribution in [2.45, 2.75) is 46.6 Å². The van der Waals surface area contributed by atoms with Crippen LogP contribution in [-0.4, -0.2) is 48.6 Å². The first-order valence-electron chi connectivity index (χ1n) is 9.46. The summed E-state index contributed by atoms with van der Waals surface area (Å²) in [6, 6.07) is 7.86. The van der Waals surface area contributed by atoms with Crippen molar-refractivity contribution in [2.75, 3.05) is 31.6 Å². The van der Waals surface area contributed by atoms with Gasteiger partial charge in [-0.2, -0.15) is 0 Å². The lowest BCUT2D eigenvalue weighted by atomic mass is 10.1. The Balaban J connectivity index is 2.29. The maximum absolute atomic E-state index is 12.5. The molecule has 0 saturated heterocycles. The van der Waals surface area contributed by atoms with E-state index in [-0.39, 0.29) is 11.9 Å². The third kappa shape index (κ3) is 4.73. The molecule has 1 atom stereocenters. The molecule has 0 N–H and O–H groups in total. The van der Waals surface area contributed by atoms with E-state index in [1.54, 1.807) is 20.2 Å². The van der Waals surface area contributed by atoms with Crippen LogP contribution in [0.3, 0.4) is 0 Å². The molecule has 1 aromatic carbocycles. The minimum atomic E-state index is 0.0283. The van der Waals surface area contributed by atoms with Crippen LogP contribution in [-0.2, 0) is 4.79 Å². The van der Waals surface area contributed by atoms with Crippen LogP contribution in [0, 0.1) is 0 Å². The van der Waals surface area contributed by atoms with Crippen LogP contribution in [0.2, 0.25) is 0 Å². The van der Waals surface area contributed by atoms with Gasteiger partial charge in [0.1, 0.15) is 5.75 Å². The Morgan fingerprint density at radius 3 is 2.62 bits per heavy atom. The van der Waals surface area contributed by atoms with Crippen LogP contribution in [0.5, 0.6) is 5.75 Å². The predicted octanol–water partition coefficient (Wildman–Crippen LogP) is 4.11. The zero-order valence-corrected chi connectivity index (χ0v) is 16.7. The molecule has 0 bridgehead atoms. The largest absolute Gasteiger partial charge is 0.497 e. The van der Waals surface area contributed by atoms with Gasteiger partial charge in [0.2, 0.25) is 5.91 Å². The molecular formula is C21H31N3O2. The third-order valence-corrected chi connectivity index (χ3v) is 4.92. The Bertz CT molecular complexity index is 728. The number of hydrogen-bond donors (Lipinski definition) is 0. The number of aromatic nitrogens is 1. The summed E-state index contributed by atoms with van der Waals surface area (Å²) in [6.45, 7) is 11.3. The fraction of sp³-hybridized carbons (Fsp3) is 0.524. The van der Waals surface area contributed by atoms with Crippen molar-refractivity contribution < 1.29 is 9.53 Å². The van der Waals surface area contributed by atoms with Gasteiger partial charge in [0.25, 0.3) is 0 Å². The molecule has 142 valence electrons. The molecule has 0 spiro atoms. The van der Waals surface area contributed by atoms with Crippen molar-refractivity contribution >= 4 is 22.5 Å². The van der Waals surface area contributed by atoms with E-state index in [9.17, 15) is 4.79 Å². The molecule has 2 aromatic rings. The Morgan fingerprint density at radius 2 is 2.00 bits per heavy atom. The Kier molecular flexibility index (Phi) is 7.39. The lowest BCUT2D eigenvalue weighted by molar-refractivity contribution is -0.117. The number of carbonyl (C=O) groups is 1. The maximum atomic E-state index is 12.5. The summed E-state index contributed by atoms with van der Waals surface area (Å²) in [4.78, 5) is 21.3. The van der Waals surface area contributed by atoms with Gasteiger partial charge < -0.3 is 14.5 Å². The van der Waals surface area contributed by atoms with Gasteiger partial charge in [0, 0.05) is 30.6 Å². The van der Waals surface area contributed by atoms with Gasteiger partial charge in [-0.15, -0.1) is 0 Å². The predicted molar refractivity (Wildman–Crippen MR) is 108 cm³/mol. The number of anilines is 1. The molecule has 26 heavy (non-hydrogen) atoms. The molecule has 0 saturated carbocycles. The van der Waals surface area contributed by atoms with Gasteiger partial charge in [0.05, 0.1) is 18.3 Å². The number of nitrogens with zero attached hydrogens (tertiary/aromatic N) is 3. The zero-order chi connectivity index (χ0) is 19.1. The summed E-state index contributed by atoms with van der Waals surface area (Å²) < 4.78 is 5.44. The highest BCUT2D eigenvalue weighted by Crippen LogP contribution is 2.32. The Hall–Kier alpha value is -2.14. The van der Waals surface area contributed by atoms with Gasteiger partial charge in [-0.05, 0) is 51.5 Å². The number of ether oxygens (including phenoxy) is 1. The van der Waals surface area contributed by atoms with Crippen LogP contribution < -0.4 is 9.64 Å². The molecule has 1 heterocycles. The van der Waals surface area contributed by atoms with Crippen LogP contribution in [0.4, 0.5) is 5.69 Å². The first kappa shape index (κ1) is 20.2. The van der Waals surface area contributed by atoms with E-state index in [1.165, 1.54) is 0 Å². The molecule has 0 aliphatic heterocycles. The van der Waals surface area contributed by atoms with Crippen LogP contribution in [0.15, 0.2) is 30.5 Å². The highest BCUT2D eigenvalue weighted by Gasteiger charge is 2.22. The number of rotatable bonds is 9. The summed E-state index contributed by atoms with van der Waals surface area (Å²) in [5.41, 5.74) is 1.65. The van der Waals surface area contributed by atoms with Crippen molar-refractivity contribution in [1.82, 2.24) is 9.88 Å². The summed E-state index contributed by atoms with van der Waals surface area (Å²) >= 11 is 0. The highest BCUT2D eigenvalue weighted by molar-refractivity contribution is 6.02. The Labute approximate surface area is 157 Å². The van der Waals surface area contributed by atoms with Crippen molar-refractivity contribution in [3.8, 4) is 5.75 Å². The average molecular weight is 357 g/mol. The SMILES string of the molecule is CCN(CC)CCCC(C)N(C(C)=O)c1cc(OC)cc2cccnc12. The molecule has 0 aliphatic carbocycles. The molecular weight excluding hydrogens is 326 g/mol. The van der Waals surface area contributed by atoms with E-state index in [2.05, 4.69) is 30.7 Å². The lowest BCUT2D eigenvalue weighted by Crippen LogP contribution is -2.38. The molecule has 1 unspecified atom stereocenters. The van der Waals surface area contributed by atoms with Gasteiger partial charge in [0.15, 0.2) is 0 Å². The van der Waals surface area contributed by atoms with Gasteiger partial charge >= 0.3 is 0 Å². The minimum absolute atomic E-state index is 0.0283. The van der Waals surface area contributed by atoms with E-state index in [0.717, 1.165) is 54.8 Å². The molecule has 5 heteroatoms. The number of benzene rings is 1. The van der Waals surface area contributed by atoms with Gasteiger partial charge in [-0.1, -0.05) is 19.9 Å². The maximum Gasteiger partial charge on any atom is 0.224 e. The second-order valence-electron chi connectivity index (χ2n) is 6.63. The molecule has 2 rings (SSSR count). The van der Waals surface area contributed by atoms with E-state index in [4.69, 9.17) is 4.74 Å². The van der Waals surface area contributed by atoms with Crippen LogP contribution >= 0.6 is 0 Å². The second-order valence-corrected chi connectivity index (χ2v) is 6.63. The first-order chi connectivity index (χ1) is 12.5. The quantitative estimate of drug-likeness (QED) is 0.678. The van der Waals surface area contributed by atoms with E-state index in [0.29, 0.717) is 0 Å². The zero-order valence-electron chi connectivity index (χ0n) is 16.7. The fourth-order valence-corrected chi connectivity index (χ4v) is 3.44. The summed E-state index contributed by atoms with van der Waals surface area (Å²) in [5, 5.41) is 0.975. The topological polar surface area (TPSA) is 45.7 Å². The smallest absolute Gasteiger partial charge is 0.224 e. The molecule has 1 aromatic heterocycles. The molecule has 0 radical (unpaired) electrons. The number of methoxy groups -OCH3 is 1. The number of fused-ring (bicyclic) bond motifs is 1. The first-order valence-corrected chi connectivity index (χ1v) is 9.46. The van der Waals surface area contributed by atoms with Crippen molar-refractivity contribution in [3.05, 3.63) is 30.5 Å². The van der Waals surface area contributed by atoms with Crippen molar-refractivity contribution in [2.24, 2.45) is 0 Å². The second kappa shape index (κ2) is 9.53. The lowest BCUT2D eigenvalue weighted by Gasteiger charge is -2.30. The molecule has 0 aliphatic rings. The number of amides is 1. The Morgan fingerprint density at radius 1 is 1.27 bits per heavy atom. The van der Waals surface area contributed by atoms with E-state index < -0.39 is 0 Å². The van der Waals surface area contributed by atoms with Gasteiger partial charge in [-0.25, -0.2) is 0 Å². The van der Waals surface area contributed by atoms with Crippen molar-refractivity contribution in [3.63, 3.8) is 0 Å². The van der Waals surface area contributed by atoms with E-state index in [1.807, 2.05) is 29.2 Å². The van der Waals surface area contributed by atoms with E-state index >= 15 is 0 Å². The molecule has 1 amide bonds. The summed E-state index contributed by atoms with van der Waals surface area (Å²) in [7, 11) is 1.65. The van der Waals surface area contributed by atoms with Crippen LogP contribution in [0.1, 0.15) is 40.5 Å². The number of carbonyl (C=O) groups excluding carboxylic acids is 1. The van der Waals surface area contributed by atoms with Gasteiger partial charge in [-0.3, -0.25) is 9.78 Å². The summed E-state index contributed by atoms with van der Waals surface area (Å²) in [6.07, 6.45) is 3.77. The van der Waals surface area contributed by atoms with Crippen molar-refractivity contribution in [1.29, 1.82) is 0 Å². The standard InChI is InChI=1S/C21H31N3O2/c1-6-23(7-2)13-9-10-16(3)24(17(4)25)20-15-19(26-5)14-18-11-8-12-22-21(18)20/h8,11-12,14-16H,6-7,9-10,13H2,1-5H3. The fourth-order valence-electron chi connectivity index (χ4n) is 3.44. The monoisotopic (exact) mass is 357 g/mol.